The van der Waals surface area contributed by atoms with Crippen LogP contribution in [0.1, 0.15) is 24.8 Å². The maximum Gasteiger partial charge on any atom is 0.358 e. The van der Waals surface area contributed by atoms with Crippen molar-refractivity contribution in [3.63, 3.8) is 0 Å². The largest absolute Gasteiger partial charge is 0.411 e. The molecule has 0 spiro atoms. The maximum atomic E-state index is 11.4. The number of carbonyl (C=O) groups excluding carboxylic acids is 1. The number of oxime groups is 1. The molecule has 0 atom stereocenters. The van der Waals surface area contributed by atoms with E-state index in [4.69, 9.17) is 15.0 Å². The topological polar surface area (TPSA) is 68.1 Å². The van der Waals surface area contributed by atoms with Gasteiger partial charge in [0.25, 0.3) is 0 Å². The lowest BCUT2D eigenvalue weighted by molar-refractivity contribution is -0.221. The summed E-state index contributed by atoms with van der Waals surface area (Å²) in [5.41, 5.74) is 0.538. The second kappa shape index (κ2) is 5.34. The van der Waals surface area contributed by atoms with Crippen molar-refractivity contribution in [3.8, 4) is 5.75 Å². The molecule has 0 aromatic heterocycles. The van der Waals surface area contributed by atoms with Crippen molar-refractivity contribution < 1.29 is 19.8 Å². The van der Waals surface area contributed by atoms with E-state index in [0.717, 1.165) is 19.3 Å². The summed E-state index contributed by atoms with van der Waals surface area (Å²) in [5.74, 6) is -0.0290. The van der Waals surface area contributed by atoms with Crippen LogP contribution in [0.5, 0.6) is 5.75 Å². The molecule has 0 amide bonds. The molecule has 0 saturated heterocycles. The third kappa shape index (κ3) is 2.75. The normalized spacial score (nSPS) is 15.5. The van der Waals surface area contributed by atoms with Crippen LogP contribution in [-0.4, -0.2) is 17.4 Å². The van der Waals surface area contributed by atoms with Gasteiger partial charge in [-0.2, -0.15) is 0 Å². The lowest BCUT2D eigenvalue weighted by atomic mass is 9.86. The summed E-state index contributed by atoms with van der Waals surface area (Å²) in [6.07, 6.45) is 4.00. The fourth-order valence-corrected chi connectivity index (χ4v) is 1.52. The highest BCUT2D eigenvalue weighted by Crippen LogP contribution is 2.28. The summed E-state index contributed by atoms with van der Waals surface area (Å²) >= 11 is 0. The van der Waals surface area contributed by atoms with Crippen molar-refractivity contribution in [2.75, 3.05) is 0 Å². The summed E-state index contributed by atoms with van der Waals surface area (Å²) in [6, 6.07) is 6.82. The Balaban J connectivity index is 1.95. The number of rotatable bonds is 4. The number of hydrogen-bond acceptors (Lipinski definition) is 5. The van der Waals surface area contributed by atoms with E-state index in [1.165, 1.54) is 6.21 Å². The van der Waals surface area contributed by atoms with Crippen LogP contribution in [0.25, 0.3) is 0 Å². The van der Waals surface area contributed by atoms with Crippen LogP contribution in [0.3, 0.4) is 0 Å². The van der Waals surface area contributed by atoms with Crippen LogP contribution in [0.4, 0.5) is 0 Å². The summed E-state index contributed by atoms with van der Waals surface area (Å²) in [6.45, 7) is 0. The van der Waals surface area contributed by atoms with Gasteiger partial charge in [-0.3, -0.25) is 9.78 Å². The SMILES string of the molecule is O=C(OOc1ccccc1/C=N/O)C1CCC1. The van der Waals surface area contributed by atoms with Gasteiger partial charge < -0.3 is 5.21 Å². The Morgan fingerprint density at radius 2 is 2.18 bits per heavy atom. The van der Waals surface area contributed by atoms with Gasteiger partial charge in [-0.15, -0.1) is 0 Å². The van der Waals surface area contributed by atoms with E-state index in [-0.39, 0.29) is 11.9 Å². The zero-order chi connectivity index (χ0) is 12.1. The molecule has 5 heteroatoms. The highest BCUT2D eigenvalue weighted by atomic mass is 17.2. The Labute approximate surface area is 98.6 Å². The fraction of sp³-hybridized carbons (Fsp3) is 0.333. The molecule has 90 valence electrons. The Bertz CT molecular complexity index is 426. The lowest BCUT2D eigenvalue weighted by Crippen LogP contribution is -2.25. The molecule has 1 fully saturated rings. The van der Waals surface area contributed by atoms with Gasteiger partial charge in [0.1, 0.15) is 0 Å². The minimum Gasteiger partial charge on any atom is -0.411 e. The average molecular weight is 235 g/mol. The highest BCUT2D eigenvalue weighted by Gasteiger charge is 2.28. The molecule has 5 nitrogen and oxygen atoms in total. The van der Waals surface area contributed by atoms with Gasteiger partial charge in [-0.1, -0.05) is 23.7 Å². The number of carbonyl (C=O) groups is 1. The Morgan fingerprint density at radius 1 is 1.41 bits per heavy atom. The third-order valence-corrected chi connectivity index (χ3v) is 2.77. The zero-order valence-corrected chi connectivity index (χ0v) is 9.20. The fourth-order valence-electron chi connectivity index (χ4n) is 1.52. The highest BCUT2D eigenvalue weighted by molar-refractivity contribution is 5.83. The second-order valence-corrected chi connectivity index (χ2v) is 3.90. The molecule has 1 aromatic carbocycles. The minimum absolute atomic E-state index is 0.0336. The molecule has 1 N–H and O–H groups in total. The van der Waals surface area contributed by atoms with Crippen molar-refractivity contribution in [3.05, 3.63) is 29.8 Å². The molecule has 0 bridgehead atoms. The number of benzene rings is 1. The molecule has 1 saturated carbocycles. The standard InChI is InChI=1S/C12H13NO4/c14-12(9-5-3-6-9)17-16-11-7-2-1-4-10(11)8-13-15/h1-2,4,7-9,15H,3,5-6H2/b13-8+. The maximum absolute atomic E-state index is 11.4. The molecule has 1 aliphatic rings. The quantitative estimate of drug-likeness (QED) is 0.375. The van der Waals surface area contributed by atoms with E-state index in [2.05, 4.69) is 5.16 Å². The predicted octanol–water partition coefficient (Wildman–Crippen LogP) is 2.13. The van der Waals surface area contributed by atoms with Crippen LogP contribution in [0.15, 0.2) is 29.4 Å². The van der Waals surface area contributed by atoms with Crippen molar-refractivity contribution in [2.24, 2.45) is 11.1 Å². The first-order chi connectivity index (χ1) is 8.31. The molecule has 0 radical (unpaired) electrons. The van der Waals surface area contributed by atoms with E-state index in [0.29, 0.717) is 11.3 Å². The van der Waals surface area contributed by atoms with E-state index >= 15 is 0 Å². The lowest BCUT2D eigenvalue weighted by Gasteiger charge is -2.21. The van der Waals surface area contributed by atoms with Crippen molar-refractivity contribution in [1.82, 2.24) is 0 Å². The average Bonchev–Trinajstić information content (AvgIpc) is 2.26. The summed E-state index contributed by atoms with van der Waals surface area (Å²) in [4.78, 5) is 21.1. The van der Waals surface area contributed by atoms with E-state index in [9.17, 15) is 4.79 Å². The zero-order valence-electron chi connectivity index (χ0n) is 9.20. The van der Waals surface area contributed by atoms with E-state index in [1.807, 2.05) is 0 Å². The van der Waals surface area contributed by atoms with Gasteiger partial charge in [-0.05, 0) is 25.0 Å². The minimum atomic E-state index is -0.341. The van der Waals surface area contributed by atoms with E-state index < -0.39 is 0 Å². The Hall–Kier alpha value is -2.04. The number of para-hydroxylation sites is 1. The smallest absolute Gasteiger partial charge is 0.358 e. The predicted molar refractivity (Wildman–Crippen MR) is 59.9 cm³/mol. The van der Waals surface area contributed by atoms with Gasteiger partial charge in [0.2, 0.25) is 0 Å². The molecular formula is C12H13NO4. The first-order valence-corrected chi connectivity index (χ1v) is 5.46. The molecule has 17 heavy (non-hydrogen) atoms. The first-order valence-electron chi connectivity index (χ1n) is 5.46. The van der Waals surface area contributed by atoms with Gasteiger partial charge in [0.05, 0.1) is 12.1 Å². The van der Waals surface area contributed by atoms with Gasteiger partial charge in [0.15, 0.2) is 5.75 Å². The molecule has 2 rings (SSSR count). The second-order valence-electron chi connectivity index (χ2n) is 3.90. The van der Waals surface area contributed by atoms with Gasteiger partial charge in [0, 0.05) is 5.56 Å². The van der Waals surface area contributed by atoms with Crippen molar-refractivity contribution in [1.29, 1.82) is 0 Å². The summed E-state index contributed by atoms with van der Waals surface area (Å²) in [7, 11) is 0. The van der Waals surface area contributed by atoms with Gasteiger partial charge >= 0.3 is 5.97 Å². The van der Waals surface area contributed by atoms with Gasteiger partial charge in [-0.25, -0.2) is 4.79 Å². The molecule has 1 aromatic rings. The van der Waals surface area contributed by atoms with Crippen molar-refractivity contribution in [2.45, 2.75) is 19.3 Å². The van der Waals surface area contributed by atoms with Crippen LogP contribution in [0, 0.1) is 5.92 Å². The molecule has 0 aliphatic heterocycles. The molecule has 0 heterocycles. The summed E-state index contributed by atoms with van der Waals surface area (Å²) < 4.78 is 0. The Morgan fingerprint density at radius 3 is 2.82 bits per heavy atom. The molecule has 1 aliphatic carbocycles. The first kappa shape index (κ1) is 11.4. The monoisotopic (exact) mass is 235 g/mol. The van der Waals surface area contributed by atoms with E-state index in [1.54, 1.807) is 24.3 Å². The van der Waals surface area contributed by atoms with Crippen LogP contribution < -0.4 is 4.89 Å². The molecule has 0 unspecified atom stereocenters. The van der Waals surface area contributed by atoms with Crippen molar-refractivity contribution >= 4 is 12.2 Å². The number of nitrogens with zero attached hydrogens (tertiary/aromatic N) is 1. The number of hydrogen-bond donors (Lipinski definition) is 1. The third-order valence-electron chi connectivity index (χ3n) is 2.77. The van der Waals surface area contributed by atoms with Crippen LogP contribution in [0.2, 0.25) is 0 Å². The summed E-state index contributed by atoms with van der Waals surface area (Å²) in [5, 5.41) is 11.4. The van der Waals surface area contributed by atoms with Crippen LogP contribution >= 0.6 is 0 Å². The van der Waals surface area contributed by atoms with Crippen LogP contribution in [-0.2, 0) is 9.68 Å². The molecular weight excluding hydrogens is 222 g/mol. The Kier molecular flexibility index (Phi) is 3.59.